The van der Waals surface area contributed by atoms with Crippen LogP contribution in [0, 0.1) is 0 Å². The molecule has 0 aromatic rings. The third kappa shape index (κ3) is 3.97. The first kappa shape index (κ1) is 12.0. The van der Waals surface area contributed by atoms with E-state index in [1.807, 2.05) is 0 Å². The highest BCUT2D eigenvalue weighted by molar-refractivity contribution is 4.86. The molecule has 0 radical (unpaired) electrons. The van der Waals surface area contributed by atoms with Crippen LogP contribution in [0.4, 0.5) is 0 Å². The average molecular weight is 199 g/mol. The Bertz CT molecular complexity index is 150. The van der Waals surface area contributed by atoms with E-state index >= 15 is 0 Å². The predicted octanol–water partition coefficient (Wildman–Crippen LogP) is 2.59. The van der Waals surface area contributed by atoms with Crippen molar-refractivity contribution in [2.75, 3.05) is 0 Å². The quantitative estimate of drug-likeness (QED) is 0.668. The maximum absolute atomic E-state index is 10.2. The molecule has 1 saturated carbocycles. The van der Waals surface area contributed by atoms with Crippen LogP contribution in [-0.2, 0) is 0 Å². The molecule has 0 unspecified atom stereocenters. The molecule has 2 nitrogen and oxygen atoms in total. The van der Waals surface area contributed by atoms with Crippen molar-refractivity contribution in [3.63, 3.8) is 0 Å². The number of unbranched alkanes of at least 4 members (excludes halogenated alkanes) is 3. The van der Waals surface area contributed by atoms with Crippen LogP contribution in [0.15, 0.2) is 0 Å². The molecule has 84 valence electrons. The van der Waals surface area contributed by atoms with Crippen molar-refractivity contribution in [1.82, 2.24) is 0 Å². The molecule has 0 spiro atoms. The lowest BCUT2D eigenvalue weighted by atomic mass is 9.79. The molecule has 0 aromatic carbocycles. The van der Waals surface area contributed by atoms with Gasteiger partial charge in [-0.25, -0.2) is 0 Å². The van der Waals surface area contributed by atoms with Crippen molar-refractivity contribution in [3.05, 3.63) is 0 Å². The van der Waals surface area contributed by atoms with E-state index in [0.29, 0.717) is 6.04 Å². The lowest BCUT2D eigenvalue weighted by molar-refractivity contribution is -0.00987. The fourth-order valence-electron chi connectivity index (χ4n) is 2.31. The molecular formula is C12H25NO. The van der Waals surface area contributed by atoms with Crippen molar-refractivity contribution in [2.24, 2.45) is 5.73 Å². The van der Waals surface area contributed by atoms with Gasteiger partial charge in [0.05, 0.1) is 5.60 Å². The molecule has 0 atom stereocenters. The third-order valence-corrected chi connectivity index (χ3v) is 3.46. The molecule has 0 amide bonds. The van der Waals surface area contributed by atoms with Crippen LogP contribution in [-0.4, -0.2) is 16.7 Å². The maximum Gasteiger partial charge on any atom is 0.0649 e. The van der Waals surface area contributed by atoms with Gasteiger partial charge in [-0.1, -0.05) is 32.6 Å². The number of aliphatic hydroxyl groups is 1. The second-order valence-corrected chi connectivity index (χ2v) is 4.87. The minimum Gasteiger partial charge on any atom is -0.390 e. The Morgan fingerprint density at radius 1 is 1.21 bits per heavy atom. The summed E-state index contributed by atoms with van der Waals surface area (Å²) >= 11 is 0. The van der Waals surface area contributed by atoms with Gasteiger partial charge in [-0.15, -0.1) is 0 Å². The Labute approximate surface area is 87.9 Å². The third-order valence-electron chi connectivity index (χ3n) is 3.46. The van der Waals surface area contributed by atoms with Crippen molar-refractivity contribution < 1.29 is 5.11 Å². The SMILES string of the molecule is CCCCCCC1(O)CCC(N)CC1. The molecule has 1 aliphatic carbocycles. The zero-order chi connectivity index (χ0) is 10.4. The van der Waals surface area contributed by atoms with E-state index in [4.69, 9.17) is 5.73 Å². The van der Waals surface area contributed by atoms with Gasteiger partial charge < -0.3 is 10.8 Å². The molecule has 1 aliphatic rings. The van der Waals surface area contributed by atoms with Gasteiger partial charge >= 0.3 is 0 Å². The number of rotatable bonds is 5. The number of hydrogen-bond donors (Lipinski definition) is 2. The zero-order valence-corrected chi connectivity index (χ0v) is 9.47. The monoisotopic (exact) mass is 199 g/mol. The Morgan fingerprint density at radius 3 is 2.43 bits per heavy atom. The van der Waals surface area contributed by atoms with Gasteiger partial charge in [0, 0.05) is 6.04 Å². The Balaban J connectivity index is 2.15. The molecule has 0 aromatic heterocycles. The minimum absolute atomic E-state index is 0.339. The van der Waals surface area contributed by atoms with Gasteiger partial charge in [0.2, 0.25) is 0 Å². The molecule has 14 heavy (non-hydrogen) atoms. The molecule has 3 N–H and O–H groups in total. The fourth-order valence-corrected chi connectivity index (χ4v) is 2.31. The van der Waals surface area contributed by atoms with Gasteiger partial charge in [-0.05, 0) is 32.1 Å². The first-order valence-corrected chi connectivity index (χ1v) is 6.14. The van der Waals surface area contributed by atoms with Gasteiger partial charge in [0.1, 0.15) is 0 Å². The summed E-state index contributed by atoms with van der Waals surface area (Å²) in [7, 11) is 0. The van der Waals surface area contributed by atoms with E-state index in [1.54, 1.807) is 0 Å². The maximum atomic E-state index is 10.2. The second-order valence-electron chi connectivity index (χ2n) is 4.87. The Morgan fingerprint density at radius 2 is 1.86 bits per heavy atom. The van der Waals surface area contributed by atoms with Crippen LogP contribution >= 0.6 is 0 Å². The lowest BCUT2D eigenvalue weighted by Crippen LogP contribution is -2.38. The second kappa shape index (κ2) is 5.72. The zero-order valence-electron chi connectivity index (χ0n) is 9.47. The molecule has 0 heterocycles. The highest BCUT2D eigenvalue weighted by Crippen LogP contribution is 2.31. The van der Waals surface area contributed by atoms with E-state index < -0.39 is 0 Å². The first-order valence-electron chi connectivity index (χ1n) is 6.14. The molecule has 2 heteroatoms. The molecule has 0 aliphatic heterocycles. The summed E-state index contributed by atoms with van der Waals surface area (Å²) in [5, 5.41) is 10.2. The summed E-state index contributed by atoms with van der Waals surface area (Å²) < 4.78 is 0. The van der Waals surface area contributed by atoms with Crippen LogP contribution in [0.25, 0.3) is 0 Å². The number of hydrogen-bond acceptors (Lipinski definition) is 2. The molecule has 1 fully saturated rings. The molecule has 0 bridgehead atoms. The van der Waals surface area contributed by atoms with Gasteiger partial charge in [0.15, 0.2) is 0 Å². The van der Waals surface area contributed by atoms with Gasteiger partial charge in [-0.2, -0.15) is 0 Å². The van der Waals surface area contributed by atoms with Crippen LogP contribution in [0.5, 0.6) is 0 Å². The highest BCUT2D eigenvalue weighted by atomic mass is 16.3. The summed E-state index contributed by atoms with van der Waals surface area (Å²) in [5.41, 5.74) is 5.45. The van der Waals surface area contributed by atoms with E-state index in [-0.39, 0.29) is 5.60 Å². The normalized spacial score (nSPS) is 33.2. The predicted molar refractivity (Wildman–Crippen MR) is 60.2 cm³/mol. The average Bonchev–Trinajstić information content (AvgIpc) is 2.18. The van der Waals surface area contributed by atoms with E-state index in [2.05, 4.69) is 6.92 Å². The number of nitrogens with two attached hydrogens (primary N) is 1. The Hall–Kier alpha value is -0.0800. The van der Waals surface area contributed by atoms with Crippen LogP contribution < -0.4 is 5.73 Å². The summed E-state index contributed by atoms with van der Waals surface area (Å²) in [4.78, 5) is 0. The van der Waals surface area contributed by atoms with E-state index in [0.717, 1.165) is 32.1 Å². The van der Waals surface area contributed by atoms with Crippen molar-refractivity contribution in [1.29, 1.82) is 0 Å². The largest absolute Gasteiger partial charge is 0.390 e. The van der Waals surface area contributed by atoms with Crippen LogP contribution in [0.1, 0.15) is 64.7 Å². The summed E-state index contributed by atoms with van der Waals surface area (Å²) in [5.74, 6) is 0. The fraction of sp³-hybridized carbons (Fsp3) is 1.00. The van der Waals surface area contributed by atoms with E-state index in [1.165, 1.54) is 25.7 Å². The lowest BCUT2D eigenvalue weighted by Gasteiger charge is -2.34. The summed E-state index contributed by atoms with van der Waals surface area (Å²) in [6.45, 7) is 2.22. The van der Waals surface area contributed by atoms with Gasteiger partial charge in [-0.3, -0.25) is 0 Å². The van der Waals surface area contributed by atoms with Crippen LogP contribution in [0.2, 0.25) is 0 Å². The molecular weight excluding hydrogens is 174 g/mol. The smallest absolute Gasteiger partial charge is 0.0649 e. The first-order chi connectivity index (χ1) is 6.66. The van der Waals surface area contributed by atoms with Crippen molar-refractivity contribution >= 4 is 0 Å². The minimum atomic E-state index is -0.371. The summed E-state index contributed by atoms with van der Waals surface area (Å²) in [6.07, 6.45) is 9.85. The standard InChI is InChI=1S/C12H25NO/c1-2-3-4-5-8-12(14)9-6-11(13)7-10-12/h11,14H,2-10,13H2,1H3. The van der Waals surface area contributed by atoms with Crippen molar-refractivity contribution in [3.8, 4) is 0 Å². The molecule has 0 saturated heterocycles. The van der Waals surface area contributed by atoms with Crippen molar-refractivity contribution in [2.45, 2.75) is 76.4 Å². The summed E-state index contributed by atoms with van der Waals surface area (Å²) in [6, 6.07) is 0.339. The van der Waals surface area contributed by atoms with E-state index in [9.17, 15) is 5.11 Å². The van der Waals surface area contributed by atoms with Gasteiger partial charge in [0.25, 0.3) is 0 Å². The Kier molecular flexibility index (Phi) is 4.90. The topological polar surface area (TPSA) is 46.2 Å². The molecule has 1 rings (SSSR count). The van der Waals surface area contributed by atoms with Crippen LogP contribution in [0.3, 0.4) is 0 Å². The highest BCUT2D eigenvalue weighted by Gasteiger charge is 2.30.